The van der Waals surface area contributed by atoms with Crippen LogP contribution < -0.4 is 10.6 Å². The Morgan fingerprint density at radius 1 is 1.43 bits per heavy atom. The van der Waals surface area contributed by atoms with Crippen molar-refractivity contribution in [3.8, 4) is 0 Å². The van der Waals surface area contributed by atoms with Gasteiger partial charge in [-0.1, -0.05) is 0 Å². The van der Waals surface area contributed by atoms with Crippen molar-refractivity contribution in [3.63, 3.8) is 0 Å². The fourth-order valence-corrected chi connectivity index (χ4v) is 2.82. The van der Waals surface area contributed by atoms with E-state index in [1.165, 1.54) is 0 Å². The van der Waals surface area contributed by atoms with E-state index in [2.05, 4.69) is 10.6 Å². The molecule has 0 spiro atoms. The second kappa shape index (κ2) is 6.64. The summed E-state index contributed by atoms with van der Waals surface area (Å²) in [7, 11) is 0. The van der Waals surface area contributed by atoms with E-state index in [4.69, 9.17) is 4.74 Å². The standard InChI is InChI=1S/C15H27N3O3/c1-15(2,3)21-14(20)18-8-4-5-12(18)10-16-11-6-7-13(19)17-9-11/h11-12,16H,4-10H2,1-3H3,(H,17,19). The van der Waals surface area contributed by atoms with Crippen molar-refractivity contribution in [2.45, 2.75) is 64.1 Å². The molecule has 0 aliphatic carbocycles. The molecule has 2 amide bonds. The molecule has 0 aromatic rings. The van der Waals surface area contributed by atoms with Crippen LogP contribution in [0.5, 0.6) is 0 Å². The predicted molar refractivity (Wildman–Crippen MR) is 80.0 cm³/mol. The van der Waals surface area contributed by atoms with E-state index < -0.39 is 5.60 Å². The van der Waals surface area contributed by atoms with Gasteiger partial charge in [-0.3, -0.25) is 4.79 Å². The molecule has 2 atom stereocenters. The number of nitrogens with zero attached hydrogens (tertiary/aromatic N) is 1. The summed E-state index contributed by atoms with van der Waals surface area (Å²) in [5.74, 6) is 0.129. The molecule has 0 aromatic heterocycles. The second-order valence-corrected chi connectivity index (χ2v) is 6.92. The van der Waals surface area contributed by atoms with Gasteiger partial charge in [0.15, 0.2) is 0 Å². The highest BCUT2D eigenvalue weighted by Crippen LogP contribution is 2.20. The number of hydrogen-bond acceptors (Lipinski definition) is 4. The number of amides is 2. The van der Waals surface area contributed by atoms with Gasteiger partial charge in [-0.25, -0.2) is 4.79 Å². The molecule has 2 fully saturated rings. The molecule has 120 valence electrons. The fourth-order valence-electron chi connectivity index (χ4n) is 2.82. The first-order valence-electron chi connectivity index (χ1n) is 7.85. The van der Waals surface area contributed by atoms with Gasteiger partial charge < -0.3 is 20.3 Å². The molecule has 0 bridgehead atoms. The van der Waals surface area contributed by atoms with Gasteiger partial charge in [-0.15, -0.1) is 0 Å². The first-order chi connectivity index (χ1) is 9.85. The number of nitrogens with one attached hydrogen (secondary N) is 2. The molecule has 2 unspecified atom stereocenters. The average molecular weight is 297 g/mol. The monoisotopic (exact) mass is 297 g/mol. The summed E-state index contributed by atoms with van der Waals surface area (Å²) in [4.78, 5) is 25.2. The Hall–Kier alpha value is -1.30. The summed E-state index contributed by atoms with van der Waals surface area (Å²) < 4.78 is 5.46. The van der Waals surface area contributed by atoms with Crippen molar-refractivity contribution in [2.75, 3.05) is 19.6 Å². The van der Waals surface area contributed by atoms with Gasteiger partial charge in [0, 0.05) is 38.1 Å². The van der Waals surface area contributed by atoms with Crippen LogP contribution in [0.15, 0.2) is 0 Å². The number of rotatable bonds is 3. The first-order valence-corrected chi connectivity index (χ1v) is 7.85. The van der Waals surface area contributed by atoms with Crippen LogP contribution in [0.3, 0.4) is 0 Å². The minimum Gasteiger partial charge on any atom is -0.444 e. The highest BCUT2D eigenvalue weighted by Gasteiger charge is 2.32. The van der Waals surface area contributed by atoms with Crippen molar-refractivity contribution in [3.05, 3.63) is 0 Å². The molecule has 2 N–H and O–H groups in total. The van der Waals surface area contributed by atoms with Gasteiger partial charge in [-0.05, 0) is 40.0 Å². The fraction of sp³-hybridized carbons (Fsp3) is 0.867. The van der Waals surface area contributed by atoms with Crippen molar-refractivity contribution in [1.29, 1.82) is 0 Å². The van der Waals surface area contributed by atoms with Gasteiger partial charge >= 0.3 is 6.09 Å². The molecule has 2 aliphatic rings. The van der Waals surface area contributed by atoms with Crippen LogP contribution in [0.25, 0.3) is 0 Å². The summed E-state index contributed by atoms with van der Waals surface area (Å²) in [5, 5.41) is 6.33. The summed E-state index contributed by atoms with van der Waals surface area (Å²) in [6.07, 6.45) is 3.25. The van der Waals surface area contributed by atoms with Gasteiger partial charge in [-0.2, -0.15) is 0 Å². The molecule has 2 aliphatic heterocycles. The lowest BCUT2D eigenvalue weighted by molar-refractivity contribution is -0.122. The lowest BCUT2D eigenvalue weighted by Crippen LogP contribution is -2.50. The van der Waals surface area contributed by atoms with Gasteiger partial charge in [0.2, 0.25) is 5.91 Å². The van der Waals surface area contributed by atoms with Crippen molar-refractivity contribution in [1.82, 2.24) is 15.5 Å². The maximum atomic E-state index is 12.2. The molecule has 6 nitrogen and oxygen atoms in total. The third kappa shape index (κ3) is 4.88. The SMILES string of the molecule is CC(C)(C)OC(=O)N1CCCC1CNC1CCC(=O)NC1. The Morgan fingerprint density at radius 3 is 2.81 bits per heavy atom. The molecular formula is C15H27N3O3. The summed E-state index contributed by atoms with van der Waals surface area (Å²) in [6, 6.07) is 0.501. The quantitative estimate of drug-likeness (QED) is 0.822. The van der Waals surface area contributed by atoms with Crippen molar-refractivity contribution < 1.29 is 14.3 Å². The molecule has 0 radical (unpaired) electrons. The van der Waals surface area contributed by atoms with Gasteiger partial charge in [0.25, 0.3) is 0 Å². The Morgan fingerprint density at radius 2 is 2.19 bits per heavy atom. The third-order valence-electron chi connectivity index (χ3n) is 3.91. The number of likely N-dealkylation sites (tertiary alicyclic amines) is 1. The summed E-state index contributed by atoms with van der Waals surface area (Å²) in [5.41, 5.74) is -0.453. The Kier molecular flexibility index (Phi) is 5.08. The van der Waals surface area contributed by atoms with Crippen LogP contribution in [-0.4, -0.2) is 54.2 Å². The van der Waals surface area contributed by atoms with E-state index >= 15 is 0 Å². The number of carbonyl (C=O) groups is 2. The van der Waals surface area contributed by atoms with Crippen molar-refractivity contribution in [2.24, 2.45) is 0 Å². The zero-order valence-electron chi connectivity index (χ0n) is 13.3. The topological polar surface area (TPSA) is 70.7 Å². The first kappa shape index (κ1) is 16.1. The zero-order valence-corrected chi connectivity index (χ0v) is 13.3. The minimum atomic E-state index is -0.453. The highest BCUT2D eigenvalue weighted by atomic mass is 16.6. The minimum absolute atomic E-state index is 0.129. The van der Waals surface area contributed by atoms with Crippen LogP contribution in [0.2, 0.25) is 0 Å². The second-order valence-electron chi connectivity index (χ2n) is 6.92. The van der Waals surface area contributed by atoms with E-state index in [1.807, 2.05) is 25.7 Å². The molecule has 21 heavy (non-hydrogen) atoms. The van der Waals surface area contributed by atoms with Crippen LogP contribution in [-0.2, 0) is 9.53 Å². The highest BCUT2D eigenvalue weighted by molar-refractivity contribution is 5.76. The van der Waals surface area contributed by atoms with E-state index in [9.17, 15) is 9.59 Å². The maximum Gasteiger partial charge on any atom is 0.410 e. The molecule has 2 saturated heterocycles. The van der Waals surface area contributed by atoms with Crippen LogP contribution >= 0.6 is 0 Å². The summed E-state index contributed by atoms with van der Waals surface area (Å²) >= 11 is 0. The number of ether oxygens (including phenoxy) is 1. The number of piperidine rings is 1. The summed E-state index contributed by atoms with van der Waals surface area (Å²) in [6.45, 7) is 7.87. The number of carbonyl (C=O) groups excluding carboxylic acids is 2. The zero-order chi connectivity index (χ0) is 15.5. The Bertz CT molecular complexity index is 382. The Balaban J connectivity index is 1.79. The lowest BCUT2D eigenvalue weighted by atomic mass is 10.1. The van der Waals surface area contributed by atoms with E-state index in [1.54, 1.807) is 0 Å². The van der Waals surface area contributed by atoms with Crippen LogP contribution in [0.1, 0.15) is 46.5 Å². The molecule has 0 aromatic carbocycles. The average Bonchev–Trinajstić information content (AvgIpc) is 2.84. The predicted octanol–water partition coefficient (Wildman–Crippen LogP) is 1.25. The van der Waals surface area contributed by atoms with E-state index in [0.717, 1.165) is 32.4 Å². The van der Waals surface area contributed by atoms with Gasteiger partial charge in [0.05, 0.1) is 0 Å². The smallest absolute Gasteiger partial charge is 0.410 e. The molecule has 2 rings (SSSR count). The molecule has 0 saturated carbocycles. The van der Waals surface area contributed by atoms with Crippen molar-refractivity contribution >= 4 is 12.0 Å². The van der Waals surface area contributed by atoms with Gasteiger partial charge in [0.1, 0.15) is 5.60 Å². The maximum absolute atomic E-state index is 12.2. The molecule has 6 heteroatoms. The van der Waals surface area contributed by atoms with Crippen LogP contribution in [0, 0.1) is 0 Å². The third-order valence-corrected chi connectivity index (χ3v) is 3.91. The van der Waals surface area contributed by atoms with Crippen LogP contribution in [0.4, 0.5) is 4.79 Å². The van der Waals surface area contributed by atoms with E-state index in [-0.39, 0.29) is 18.0 Å². The molecular weight excluding hydrogens is 270 g/mol. The lowest BCUT2D eigenvalue weighted by Gasteiger charge is -2.30. The van der Waals surface area contributed by atoms with E-state index in [0.29, 0.717) is 19.0 Å². The largest absolute Gasteiger partial charge is 0.444 e. The molecule has 2 heterocycles. The number of hydrogen-bond donors (Lipinski definition) is 2. The normalized spacial score (nSPS) is 26.6. The Labute approximate surface area is 126 Å².